The monoisotopic (exact) mass is 231 g/mol. The molecule has 1 aromatic rings. The zero-order valence-corrected chi connectivity index (χ0v) is 9.84. The second-order valence-corrected chi connectivity index (χ2v) is 4.90. The van der Waals surface area contributed by atoms with Gasteiger partial charge in [-0.3, -0.25) is 0 Å². The molecule has 2 bridgehead atoms. The highest BCUT2D eigenvalue weighted by Crippen LogP contribution is 2.35. The number of para-hydroxylation sites is 1. The van der Waals surface area contributed by atoms with Crippen molar-refractivity contribution in [3.05, 3.63) is 30.3 Å². The first-order chi connectivity index (χ1) is 8.34. The van der Waals surface area contributed by atoms with Gasteiger partial charge in [-0.05, 0) is 44.2 Å². The molecule has 0 unspecified atom stereocenters. The lowest BCUT2D eigenvalue weighted by atomic mass is 10.0. The van der Waals surface area contributed by atoms with Crippen LogP contribution in [0.4, 0.5) is 4.79 Å². The molecule has 2 fully saturated rings. The molecule has 2 aliphatic heterocycles. The highest BCUT2D eigenvalue weighted by molar-refractivity contribution is 5.72. The van der Waals surface area contributed by atoms with Crippen LogP contribution >= 0.6 is 0 Å². The van der Waals surface area contributed by atoms with Gasteiger partial charge >= 0.3 is 6.09 Å². The van der Waals surface area contributed by atoms with E-state index in [0.29, 0.717) is 17.8 Å². The molecule has 1 aromatic carbocycles. The van der Waals surface area contributed by atoms with Gasteiger partial charge in [-0.2, -0.15) is 0 Å². The van der Waals surface area contributed by atoms with E-state index in [-0.39, 0.29) is 6.09 Å². The second-order valence-electron chi connectivity index (χ2n) is 4.90. The average Bonchev–Trinajstić information content (AvgIpc) is 2.61. The number of carbonyl (C=O) groups is 1. The molecule has 0 radical (unpaired) electrons. The van der Waals surface area contributed by atoms with Crippen LogP contribution in [0, 0.1) is 0 Å². The number of rotatable bonds is 1. The Bertz CT molecular complexity index is 388. The van der Waals surface area contributed by atoms with E-state index in [0.717, 1.165) is 25.7 Å². The molecule has 2 saturated heterocycles. The van der Waals surface area contributed by atoms with E-state index in [4.69, 9.17) is 4.74 Å². The molecule has 2 atom stereocenters. The van der Waals surface area contributed by atoms with E-state index in [1.807, 2.05) is 35.2 Å². The minimum absolute atomic E-state index is 0.164. The average molecular weight is 231 g/mol. The van der Waals surface area contributed by atoms with Gasteiger partial charge in [-0.15, -0.1) is 0 Å². The van der Waals surface area contributed by atoms with Gasteiger partial charge in [-0.1, -0.05) is 18.2 Å². The number of benzene rings is 1. The van der Waals surface area contributed by atoms with E-state index in [9.17, 15) is 4.79 Å². The van der Waals surface area contributed by atoms with E-state index >= 15 is 0 Å². The van der Waals surface area contributed by atoms with Crippen LogP contribution < -0.4 is 4.74 Å². The number of hydrogen-bond acceptors (Lipinski definition) is 2. The molecule has 0 spiro atoms. The molecule has 90 valence electrons. The van der Waals surface area contributed by atoms with Crippen molar-refractivity contribution in [2.24, 2.45) is 0 Å². The van der Waals surface area contributed by atoms with Gasteiger partial charge in [0.1, 0.15) is 5.75 Å². The molecule has 2 heterocycles. The molecule has 0 aromatic heterocycles. The third-order valence-corrected chi connectivity index (χ3v) is 3.85. The van der Waals surface area contributed by atoms with Crippen molar-refractivity contribution in [2.75, 3.05) is 0 Å². The van der Waals surface area contributed by atoms with Crippen LogP contribution in [0.5, 0.6) is 5.75 Å². The van der Waals surface area contributed by atoms with Gasteiger partial charge in [0, 0.05) is 12.1 Å². The number of hydrogen-bond donors (Lipinski definition) is 0. The molecule has 3 rings (SSSR count). The first kappa shape index (κ1) is 10.6. The number of piperidine rings is 1. The van der Waals surface area contributed by atoms with Crippen molar-refractivity contribution in [3.8, 4) is 5.75 Å². The summed E-state index contributed by atoms with van der Waals surface area (Å²) in [5.41, 5.74) is 0. The summed E-state index contributed by atoms with van der Waals surface area (Å²) in [5.74, 6) is 0.641. The number of fused-ring (bicyclic) bond motifs is 2. The topological polar surface area (TPSA) is 29.5 Å². The molecule has 0 N–H and O–H groups in total. The Hall–Kier alpha value is -1.51. The Morgan fingerprint density at radius 3 is 2.35 bits per heavy atom. The highest BCUT2D eigenvalue weighted by atomic mass is 16.6. The first-order valence-electron chi connectivity index (χ1n) is 6.40. The maximum absolute atomic E-state index is 12.1. The van der Waals surface area contributed by atoms with Crippen LogP contribution in [0.15, 0.2) is 30.3 Å². The molecular weight excluding hydrogens is 214 g/mol. The smallest absolute Gasteiger partial charge is 0.410 e. The summed E-state index contributed by atoms with van der Waals surface area (Å²) < 4.78 is 5.42. The Kier molecular flexibility index (Phi) is 2.75. The van der Waals surface area contributed by atoms with Crippen LogP contribution in [0.25, 0.3) is 0 Å². The molecule has 1 amide bonds. The summed E-state index contributed by atoms with van der Waals surface area (Å²) >= 11 is 0. The predicted octanol–water partition coefficient (Wildman–Crippen LogP) is 3.20. The van der Waals surface area contributed by atoms with Crippen LogP contribution in [-0.4, -0.2) is 23.1 Å². The Morgan fingerprint density at radius 1 is 1.06 bits per heavy atom. The van der Waals surface area contributed by atoms with Crippen molar-refractivity contribution in [1.29, 1.82) is 0 Å². The molecule has 2 aliphatic rings. The van der Waals surface area contributed by atoms with Gasteiger partial charge in [0.05, 0.1) is 0 Å². The fraction of sp³-hybridized carbons (Fsp3) is 0.500. The third kappa shape index (κ3) is 2.02. The number of ether oxygens (including phenoxy) is 1. The standard InChI is InChI=1S/C14H17NO2/c16-14(17-13-7-2-1-3-8-13)15-11-5-4-6-12(15)10-9-11/h1-3,7-8,11-12H,4-6,9-10H2/t11-,12+. The number of nitrogens with zero attached hydrogens (tertiary/aromatic N) is 1. The zero-order valence-electron chi connectivity index (χ0n) is 9.84. The van der Waals surface area contributed by atoms with Gasteiger partial charge in [-0.25, -0.2) is 4.79 Å². The van der Waals surface area contributed by atoms with Gasteiger partial charge < -0.3 is 9.64 Å². The SMILES string of the molecule is O=C(Oc1ccccc1)N1[C@@H]2CCC[C@H]1CC2. The minimum atomic E-state index is -0.164. The number of carbonyl (C=O) groups excluding carboxylic acids is 1. The molecule has 0 aliphatic carbocycles. The predicted molar refractivity (Wildman–Crippen MR) is 65.0 cm³/mol. The van der Waals surface area contributed by atoms with E-state index in [1.54, 1.807) is 0 Å². The van der Waals surface area contributed by atoms with Crippen molar-refractivity contribution in [3.63, 3.8) is 0 Å². The molecule has 0 saturated carbocycles. The van der Waals surface area contributed by atoms with Crippen LogP contribution in [-0.2, 0) is 0 Å². The summed E-state index contributed by atoms with van der Waals surface area (Å²) in [6.07, 6.45) is 5.66. The summed E-state index contributed by atoms with van der Waals surface area (Å²) in [5, 5.41) is 0. The number of amides is 1. The van der Waals surface area contributed by atoms with Crippen molar-refractivity contribution >= 4 is 6.09 Å². The normalized spacial score (nSPS) is 26.9. The lowest BCUT2D eigenvalue weighted by Gasteiger charge is -2.33. The van der Waals surface area contributed by atoms with E-state index < -0.39 is 0 Å². The zero-order chi connectivity index (χ0) is 11.7. The molecule has 3 nitrogen and oxygen atoms in total. The Labute approximate surface area is 101 Å². The third-order valence-electron chi connectivity index (χ3n) is 3.85. The van der Waals surface area contributed by atoms with Crippen LogP contribution in [0.1, 0.15) is 32.1 Å². The summed E-state index contributed by atoms with van der Waals surface area (Å²) in [6, 6.07) is 10.2. The lowest BCUT2D eigenvalue weighted by molar-refractivity contribution is 0.109. The van der Waals surface area contributed by atoms with Crippen molar-refractivity contribution in [2.45, 2.75) is 44.2 Å². The minimum Gasteiger partial charge on any atom is -0.410 e. The fourth-order valence-electron chi connectivity index (χ4n) is 3.06. The molecule has 17 heavy (non-hydrogen) atoms. The van der Waals surface area contributed by atoms with Gasteiger partial charge in [0.15, 0.2) is 0 Å². The van der Waals surface area contributed by atoms with E-state index in [1.165, 1.54) is 6.42 Å². The largest absolute Gasteiger partial charge is 0.415 e. The molecule has 3 heteroatoms. The van der Waals surface area contributed by atoms with Crippen LogP contribution in [0.2, 0.25) is 0 Å². The van der Waals surface area contributed by atoms with Gasteiger partial charge in [0.2, 0.25) is 0 Å². The maximum atomic E-state index is 12.1. The van der Waals surface area contributed by atoms with Gasteiger partial charge in [0.25, 0.3) is 0 Å². The summed E-state index contributed by atoms with van der Waals surface area (Å²) in [6.45, 7) is 0. The Balaban J connectivity index is 1.71. The van der Waals surface area contributed by atoms with E-state index in [2.05, 4.69) is 0 Å². The summed E-state index contributed by atoms with van der Waals surface area (Å²) in [7, 11) is 0. The lowest BCUT2D eigenvalue weighted by Crippen LogP contribution is -2.45. The van der Waals surface area contributed by atoms with Crippen molar-refractivity contribution < 1.29 is 9.53 Å². The Morgan fingerprint density at radius 2 is 1.71 bits per heavy atom. The quantitative estimate of drug-likeness (QED) is 0.742. The van der Waals surface area contributed by atoms with Crippen molar-refractivity contribution in [1.82, 2.24) is 4.90 Å². The highest BCUT2D eigenvalue weighted by Gasteiger charge is 2.40. The molecular formula is C14H17NO2. The van der Waals surface area contributed by atoms with Crippen LogP contribution in [0.3, 0.4) is 0 Å². The second kappa shape index (κ2) is 4.40. The fourth-order valence-corrected chi connectivity index (χ4v) is 3.06. The summed E-state index contributed by atoms with van der Waals surface area (Å²) in [4.78, 5) is 14.1. The first-order valence-corrected chi connectivity index (χ1v) is 6.40. The maximum Gasteiger partial charge on any atom is 0.415 e.